The quantitative estimate of drug-likeness (QED) is 0.134. The van der Waals surface area contributed by atoms with Crippen molar-refractivity contribution in [1.82, 2.24) is 14.6 Å². The van der Waals surface area contributed by atoms with Crippen LogP contribution in [0.5, 0.6) is 11.6 Å². The van der Waals surface area contributed by atoms with Gasteiger partial charge < -0.3 is 23.8 Å². The van der Waals surface area contributed by atoms with Crippen molar-refractivity contribution >= 4 is 44.4 Å². The molecule has 2 saturated carbocycles. The normalized spacial score (nSPS) is 24.3. The van der Waals surface area contributed by atoms with E-state index in [4.69, 9.17) is 18.9 Å². The zero-order valence-corrected chi connectivity index (χ0v) is 34.5. The number of esters is 1. The summed E-state index contributed by atoms with van der Waals surface area (Å²) in [6.45, 7) is 18.0. The number of Topliss-reactive ketones (excluding diaryl/α,β-unsaturated/α-hetero) is 1. The highest BCUT2D eigenvalue weighted by molar-refractivity contribution is 7.91. The molecule has 3 aliphatic rings. The van der Waals surface area contributed by atoms with E-state index in [2.05, 4.69) is 22.9 Å². The van der Waals surface area contributed by atoms with Gasteiger partial charge in [0.2, 0.25) is 27.7 Å². The molecular weight excluding hydrogens is 739 g/mol. The molecule has 1 N–H and O–H groups in total. The van der Waals surface area contributed by atoms with Crippen LogP contribution in [0.3, 0.4) is 0 Å². The zero-order valence-electron chi connectivity index (χ0n) is 33.7. The van der Waals surface area contributed by atoms with Gasteiger partial charge in [0.1, 0.15) is 17.5 Å². The summed E-state index contributed by atoms with van der Waals surface area (Å²) >= 11 is 0. The molecule has 3 fully saturated rings. The number of carbonyl (C=O) groups excluding carboxylic acids is 4. The number of nitrogens with zero attached hydrogens (tertiary/aromatic N) is 2. The molecule has 1 saturated heterocycles. The fraction of sp³-hybridized carbons (Fsp3) is 0.595. The van der Waals surface area contributed by atoms with Gasteiger partial charge in [0.15, 0.2) is 5.78 Å². The lowest BCUT2D eigenvalue weighted by Crippen LogP contribution is -2.49. The Kier molecular flexibility index (Phi) is 12.7. The molecular formula is C42H57N3O10S. The molecule has 0 bridgehead atoms. The number of ether oxygens (including phenoxy) is 4. The number of pyridine rings is 1. The van der Waals surface area contributed by atoms with Crippen molar-refractivity contribution in [2.24, 2.45) is 17.3 Å². The Morgan fingerprint density at radius 2 is 1.84 bits per heavy atom. The second-order valence-corrected chi connectivity index (χ2v) is 19.0. The highest BCUT2D eigenvalue weighted by Gasteiger charge is 2.62. The van der Waals surface area contributed by atoms with Gasteiger partial charge in [-0.3, -0.25) is 23.9 Å². The SMILES string of the molecule is C=CCC[C@@H](C)O[C@@H](C)C(CC(=O)OC(C)(C)C)C(=O)N1C[C@H](Oc2nccc3cc(OC)ccc23)C[C@H]1C(=O)C[C@]1(C(=O)NS(=O)(=O)C2(C)CC2)C[C@H]1C=C. The van der Waals surface area contributed by atoms with Gasteiger partial charge in [-0.25, -0.2) is 13.4 Å². The van der Waals surface area contributed by atoms with E-state index < -0.39 is 79.4 Å². The molecule has 1 aromatic carbocycles. The molecule has 1 unspecified atom stereocenters. The van der Waals surface area contributed by atoms with Crippen molar-refractivity contribution in [3.8, 4) is 11.6 Å². The van der Waals surface area contributed by atoms with E-state index in [0.29, 0.717) is 42.7 Å². The third-order valence-electron chi connectivity index (χ3n) is 11.2. The lowest BCUT2D eigenvalue weighted by atomic mass is 9.90. The van der Waals surface area contributed by atoms with Crippen LogP contribution in [0.25, 0.3) is 10.8 Å². The van der Waals surface area contributed by atoms with Gasteiger partial charge in [-0.2, -0.15) is 0 Å². The minimum Gasteiger partial charge on any atom is -0.497 e. The highest BCUT2D eigenvalue weighted by Crippen LogP contribution is 2.57. The summed E-state index contributed by atoms with van der Waals surface area (Å²) in [7, 11) is -2.40. The van der Waals surface area contributed by atoms with Gasteiger partial charge in [-0.05, 0) is 109 Å². The maximum absolute atomic E-state index is 14.8. The number of sulfonamides is 1. The number of carbonyl (C=O) groups is 4. The number of methoxy groups -OCH3 is 1. The number of hydrogen-bond acceptors (Lipinski definition) is 11. The Morgan fingerprint density at radius 3 is 2.45 bits per heavy atom. The van der Waals surface area contributed by atoms with Gasteiger partial charge in [0.05, 0.1) is 54.4 Å². The number of hydrogen-bond donors (Lipinski definition) is 1. The molecule has 7 atom stereocenters. The molecule has 5 rings (SSSR count). The first-order valence-electron chi connectivity index (χ1n) is 19.4. The van der Waals surface area contributed by atoms with E-state index in [9.17, 15) is 27.6 Å². The van der Waals surface area contributed by atoms with Gasteiger partial charge in [-0.15, -0.1) is 13.2 Å². The number of allylic oxidation sites excluding steroid dienone is 2. The highest BCUT2D eigenvalue weighted by atomic mass is 32.2. The fourth-order valence-corrected chi connectivity index (χ4v) is 8.79. The van der Waals surface area contributed by atoms with Gasteiger partial charge in [-0.1, -0.05) is 12.2 Å². The standard InChI is InChI=1S/C42H57N3O10S/c1-10-12-13-26(3)53-27(4)33(22-36(47)55-40(5,6)7)38(48)45-25-31(54-37-32-15-14-30(52-9)20-28(32)16-19-43-37)21-34(45)35(46)24-42(23-29(42)11-2)39(49)44-56(50,51)41(8)17-18-41/h10-11,14-16,19-20,26-27,29,31,33-34H,1-2,12-13,17-18,21-25H2,3-9H3,(H,44,49)/t26-,27+,29-,31-,33?,34+,42-/m1/s1. The fourth-order valence-electron chi connectivity index (χ4n) is 7.46. The summed E-state index contributed by atoms with van der Waals surface area (Å²) in [6, 6.07) is 6.20. The van der Waals surface area contributed by atoms with E-state index in [-0.39, 0.29) is 38.3 Å². The predicted molar refractivity (Wildman–Crippen MR) is 211 cm³/mol. The van der Waals surface area contributed by atoms with Crippen LogP contribution in [-0.4, -0.2) is 90.2 Å². The number of benzene rings is 1. The molecule has 2 heterocycles. The van der Waals surface area contributed by atoms with Crippen molar-refractivity contribution in [1.29, 1.82) is 0 Å². The summed E-state index contributed by atoms with van der Waals surface area (Å²) in [6.07, 6.45) is 5.11. The molecule has 14 heteroatoms. The van der Waals surface area contributed by atoms with Crippen LogP contribution in [-0.2, 0) is 38.7 Å². The molecule has 1 aromatic heterocycles. The van der Waals surface area contributed by atoms with E-state index in [1.54, 1.807) is 66.1 Å². The molecule has 0 radical (unpaired) electrons. The van der Waals surface area contributed by atoms with Gasteiger partial charge in [0.25, 0.3) is 0 Å². The third kappa shape index (κ3) is 9.62. The average Bonchev–Trinajstić information content (AvgIpc) is 4.02. The first-order chi connectivity index (χ1) is 26.3. The molecule has 0 spiro atoms. The van der Waals surface area contributed by atoms with Crippen LogP contribution in [0.2, 0.25) is 0 Å². The summed E-state index contributed by atoms with van der Waals surface area (Å²) in [5, 5.41) is 1.52. The van der Waals surface area contributed by atoms with Crippen LogP contribution in [0.1, 0.15) is 92.9 Å². The number of rotatable bonds is 19. The molecule has 2 aromatic rings. The van der Waals surface area contributed by atoms with Crippen LogP contribution < -0.4 is 14.2 Å². The molecule has 2 aliphatic carbocycles. The Morgan fingerprint density at radius 1 is 1.12 bits per heavy atom. The van der Waals surface area contributed by atoms with Gasteiger partial charge >= 0.3 is 5.97 Å². The number of likely N-dealkylation sites (tertiary alicyclic amines) is 1. The van der Waals surface area contributed by atoms with Crippen molar-refractivity contribution in [3.63, 3.8) is 0 Å². The summed E-state index contributed by atoms with van der Waals surface area (Å²) in [5.74, 6) is -2.79. The Hall–Kier alpha value is -4.30. The Balaban J connectivity index is 1.47. The van der Waals surface area contributed by atoms with Crippen LogP contribution >= 0.6 is 0 Å². The van der Waals surface area contributed by atoms with Crippen molar-refractivity contribution in [2.75, 3.05) is 13.7 Å². The van der Waals surface area contributed by atoms with E-state index >= 15 is 0 Å². The average molecular weight is 796 g/mol. The Bertz CT molecular complexity index is 1950. The largest absolute Gasteiger partial charge is 0.497 e. The molecule has 306 valence electrons. The van der Waals surface area contributed by atoms with E-state index in [1.165, 1.54) is 4.90 Å². The van der Waals surface area contributed by atoms with Gasteiger partial charge in [0, 0.05) is 24.4 Å². The lowest BCUT2D eigenvalue weighted by molar-refractivity contribution is -0.163. The second kappa shape index (κ2) is 16.7. The minimum atomic E-state index is -3.97. The van der Waals surface area contributed by atoms with Crippen molar-refractivity contribution < 1.29 is 46.5 Å². The van der Waals surface area contributed by atoms with Crippen molar-refractivity contribution in [3.05, 3.63) is 55.8 Å². The summed E-state index contributed by atoms with van der Waals surface area (Å²) in [4.78, 5) is 62.3. The number of aromatic nitrogens is 1. The third-order valence-corrected chi connectivity index (χ3v) is 13.4. The van der Waals surface area contributed by atoms with E-state index in [1.807, 2.05) is 25.1 Å². The molecule has 1 aliphatic heterocycles. The molecule has 2 amide bonds. The molecule has 56 heavy (non-hydrogen) atoms. The number of amides is 2. The van der Waals surface area contributed by atoms with Crippen LogP contribution in [0, 0.1) is 17.3 Å². The first kappa shape index (κ1) is 42.8. The topological polar surface area (TPSA) is 168 Å². The zero-order chi connectivity index (χ0) is 41.2. The summed E-state index contributed by atoms with van der Waals surface area (Å²) < 4.78 is 51.2. The number of ketones is 1. The second-order valence-electron chi connectivity index (χ2n) is 16.8. The lowest BCUT2D eigenvalue weighted by Gasteiger charge is -2.32. The van der Waals surface area contributed by atoms with Crippen LogP contribution in [0.4, 0.5) is 0 Å². The Labute approximate surface area is 330 Å². The maximum atomic E-state index is 14.8. The number of fused-ring (bicyclic) bond motifs is 1. The van der Waals surface area contributed by atoms with Crippen molar-refractivity contribution in [2.45, 2.75) is 128 Å². The number of nitrogens with one attached hydrogen (secondary N) is 1. The summed E-state index contributed by atoms with van der Waals surface area (Å²) in [5.41, 5.74) is -2.15. The molecule has 13 nitrogen and oxygen atoms in total. The van der Waals surface area contributed by atoms with E-state index in [0.717, 1.165) is 5.39 Å². The maximum Gasteiger partial charge on any atom is 0.307 e. The predicted octanol–water partition coefficient (Wildman–Crippen LogP) is 5.85. The van der Waals surface area contributed by atoms with Crippen LogP contribution in [0.15, 0.2) is 55.8 Å². The minimum absolute atomic E-state index is 0.0240. The monoisotopic (exact) mass is 795 g/mol. The first-order valence-corrected chi connectivity index (χ1v) is 20.8. The smallest absolute Gasteiger partial charge is 0.307 e.